The summed E-state index contributed by atoms with van der Waals surface area (Å²) in [5.74, 6) is 1.08. The third-order valence-electron chi connectivity index (χ3n) is 2.93. The zero-order valence-electron chi connectivity index (χ0n) is 8.77. The van der Waals surface area contributed by atoms with E-state index in [2.05, 4.69) is 30.8 Å². The van der Waals surface area contributed by atoms with E-state index < -0.39 is 0 Å². The van der Waals surface area contributed by atoms with Gasteiger partial charge in [-0.25, -0.2) is 9.97 Å². The molecule has 2 rings (SSSR count). The van der Waals surface area contributed by atoms with Gasteiger partial charge in [-0.1, -0.05) is 15.9 Å². The first-order chi connectivity index (χ1) is 7.42. The maximum absolute atomic E-state index is 4.33. The van der Waals surface area contributed by atoms with E-state index in [1.807, 2.05) is 12.3 Å². The Balaban J connectivity index is 2.11. The van der Waals surface area contributed by atoms with Gasteiger partial charge >= 0.3 is 0 Å². The van der Waals surface area contributed by atoms with Gasteiger partial charge in [-0.05, 0) is 31.7 Å². The van der Waals surface area contributed by atoms with Crippen LogP contribution in [0.15, 0.2) is 18.6 Å². The molecule has 0 amide bonds. The number of anilines is 1. The second-order valence-electron chi connectivity index (χ2n) is 3.89. The lowest BCUT2D eigenvalue weighted by Gasteiger charge is -2.36. The van der Waals surface area contributed by atoms with Crippen molar-refractivity contribution < 1.29 is 0 Å². The highest BCUT2D eigenvalue weighted by Gasteiger charge is 2.22. The van der Waals surface area contributed by atoms with Crippen molar-refractivity contribution in [3.05, 3.63) is 18.6 Å². The Morgan fingerprint density at radius 1 is 1.47 bits per heavy atom. The number of nitrogens with zero attached hydrogens (tertiary/aromatic N) is 3. The van der Waals surface area contributed by atoms with Crippen LogP contribution in [0.5, 0.6) is 0 Å². The van der Waals surface area contributed by atoms with Gasteiger partial charge in [0.15, 0.2) is 0 Å². The zero-order valence-corrected chi connectivity index (χ0v) is 10.4. The fraction of sp³-hybridized carbons (Fsp3) is 0.636. The molecule has 0 radical (unpaired) electrons. The van der Waals surface area contributed by atoms with Crippen LogP contribution in [0.2, 0.25) is 0 Å². The molecule has 0 bridgehead atoms. The molecular formula is C11H16BrN3. The van der Waals surface area contributed by atoms with Gasteiger partial charge in [-0.2, -0.15) is 0 Å². The lowest BCUT2D eigenvalue weighted by atomic mass is 10.0. The summed E-state index contributed by atoms with van der Waals surface area (Å²) in [4.78, 5) is 10.7. The van der Waals surface area contributed by atoms with E-state index in [0.717, 1.165) is 17.7 Å². The molecule has 0 N–H and O–H groups in total. The molecule has 1 aromatic rings. The van der Waals surface area contributed by atoms with E-state index >= 15 is 0 Å². The van der Waals surface area contributed by atoms with E-state index in [-0.39, 0.29) is 0 Å². The summed E-state index contributed by atoms with van der Waals surface area (Å²) in [6.07, 6.45) is 8.57. The summed E-state index contributed by atoms with van der Waals surface area (Å²) in [5, 5.41) is 1.07. The molecule has 1 fully saturated rings. The quantitative estimate of drug-likeness (QED) is 0.790. The molecule has 1 aliphatic rings. The highest BCUT2D eigenvalue weighted by molar-refractivity contribution is 9.09. The maximum Gasteiger partial charge on any atom is 0.132 e. The largest absolute Gasteiger partial charge is 0.354 e. The lowest BCUT2D eigenvalue weighted by molar-refractivity contribution is 0.449. The molecule has 0 aliphatic carbocycles. The summed E-state index contributed by atoms with van der Waals surface area (Å²) < 4.78 is 0. The van der Waals surface area contributed by atoms with Crippen LogP contribution in [-0.2, 0) is 0 Å². The minimum absolute atomic E-state index is 0.646. The van der Waals surface area contributed by atoms with Crippen molar-refractivity contribution in [2.75, 3.05) is 16.8 Å². The second-order valence-corrected chi connectivity index (χ2v) is 4.68. The first-order valence-corrected chi connectivity index (χ1v) is 6.62. The highest BCUT2D eigenvalue weighted by Crippen LogP contribution is 2.24. The van der Waals surface area contributed by atoms with Gasteiger partial charge in [0.1, 0.15) is 12.1 Å². The predicted molar refractivity (Wildman–Crippen MR) is 65.4 cm³/mol. The van der Waals surface area contributed by atoms with Crippen molar-refractivity contribution in [3.63, 3.8) is 0 Å². The normalized spacial score (nSPS) is 21.7. The summed E-state index contributed by atoms with van der Waals surface area (Å²) >= 11 is 3.53. The number of hydrogen-bond acceptors (Lipinski definition) is 3. The van der Waals surface area contributed by atoms with Gasteiger partial charge in [0.2, 0.25) is 0 Å². The average Bonchev–Trinajstić information content (AvgIpc) is 2.31. The zero-order chi connectivity index (χ0) is 10.5. The van der Waals surface area contributed by atoms with Gasteiger partial charge in [0, 0.05) is 24.1 Å². The van der Waals surface area contributed by atoms with Crippen molar-refractivity contribution in [3.8, 4) is 0 Å². The number of alkyl halides is 1. The molecule has 82 valence electrons. The third kappa shape index (κ3) is 2.68. The van der Waals surface area contributed by atoms with E-state index in [4.69, 9.17) is 0 Å². The molecular weight excluding hydrogens is 254 g/mol. The van der Waals surface area contributed by atoms with E-state index in [0.29, 0.717) is 6.04 Å². The Morgan fingerprint density at radius 2 is 2.40 bits per heavy atom. The van der Waals surface area contributed by atoms with E-state index in [1.54, 1.807) is 6.33 Å². The molecule has 1 unspecified atom stereocenters. The fourth-order valence-electron chi connectivity index (χ4n) is 2.18. The molecule has 0 spiro atoms. The van der Waals surface area contributed by atoms with Crippen molar-refractivity contribution >= 4 is 21.7 Å². The molecule has 1 atom stereocenters. The lowest BCUT2D eigenvalue weighted by Crippen LogP contribution is -2.40. The van der Waals surface area contributed by atoms with Gasteiger partial charge in [0.05, 0.1) is 0 Å². The smallest absolute Gasteiger partial charge is 0.132 e. The Bertz CT molecular complexity index is 289. The highest BCUT2D eigenvalue weighted by atomic mass is 79.9. The Labute approximate surface area is 99.0 Å². The van der Waals surface area contributed by atoms with Gasteiger partial charge in [-0.15, -0.1) is 0 Å². The fourth-order valence-corrected chi connectivity index (χ4v) is 2.71. The average molecular weight is 270 g/mol. The topological polar surface area (TPSA) is 29.0 Å². The van der Waals surface area contributed by atoms with Gasteiger partial charge in [-0.3, -0.25) is 0 Å². The Kier molecular flexibility index (Phi) is 3.94. The van der Waals surface area contributed by atoms with Crippen molar-refractivity contribution in [1.29, 1.82) is 0 Å². The summed E-state index contributed by atoms with van der Waals surface area (Å²) in [5.41, 5.74) is 0. The molecule has 2 heterocycles. The van der Waals surface area contributed by atoms with Crippen LogP contribution < -0.4 is 4.90 Å². The van der Waals surface area contributed by atoms with Crippen molar-refractivity contribution in [2.45, 2.75) is 31.7 Å². The first kappa shape index (κ1) is 10.9. The van der Waals surface area contributed by atoms with Gasteiger partial charge in [0.25, 0.3) is 0 Å². The summed E-state index contributed by atoms with van der Waals surface area (Å²) in [6.45, 7) is 1.13. The van der Waals surface area contributed by atoms with Crippen LogP contribution in [0.3, 0.4) is 0 Å². The van der Waals surface area contributed by atoms with Crippen LogP contribution in [0.25, 0.3) is 0 Å². The number of rotatable bonds is 3. The van der Waals surface area contributed by atoms with Crippen LogP contribution in [0.1, 0.15) is 25.7 Å². The molecule has 15 heavy (non-hydrogen) atoms. The van der Waals surface area contributed by atoms with Crippen molar-refractivity contribution in [1.82, 2.24) is 9.97 Å². The van der Waals surface area contributed by atoms with Crippen LogP contribution >= 0.6 is 15.9 Å². The molecule has 0 saturated carbocycles. The minimum Gasteiger partial charge on any atom is -0.354 e. The van der Waals surface area contributed by atoms with Crippen LogP contribution in [0.4, 0.5) is 5.82 Å². The number of piperidine rings is 1. The van der Waals surface area contributed by atoms with Crippen LogP contribution in [-0.4, -0.2) is 27.9 Å². The molecule has 0 aromatic carbocycles. The van der Waals surface area contributed by atoms with E-state index in [9.17, 15) is 0 Å². The third-order valence-corrected chi connectivity index (χ3v) is 3.39. The van der Waals surface area contributed by atoms with E-state index in [1.165, 1.54) is 25.7 Å². The molecule has 1 aliphatic heterocycles. The molecule has 1 saturated heterocycles. The minimum atomic E-state index is 0.646. The Morgan fingerprint density at radius 3 is 3.13 bits per heavy atom. The maximum atomic E-state index is 4.33. The number of hydrogen-bond donors (Lipinski definition) is 0. The second kappa shape index (κ2) is 5.45. The number of halogens is 1. The van der Waals surface area contributed by atoms with Crippen LogP contribution in [0, 0.1) is 0 Å². The SMILES string of the molecule is BrCCC1CCCCN1c1ccncn1. The molecule has 3 nitrogen and oxygen atoms in total. The molecule has 4 heteroatoms. The molecule has 1 aromatic heterocycles. The first-order valence-electron chi connectivity index (χ1n) is 5.50. The standard InChI is InChI=1S/C11H16BrN3/c12-6-4-10-3-1-2-8-15(10)11-5-7-13-9-14-11/h5,7,9-10H,1-4,6,8H2. The van der Waals surface area contributed by atoms with Crippen molar-refractivity contribution in [2.24, 2.45) is 0 Å². The summed E-state index contributed by atoms with van der Waals surface area (Å²) in [6, 6.07) is 2.65. The number of aromatic nitrogens is 2. The van der Waals surface area contributed by atoms with Gasteiger partial charge < -0.3 is 4.90 Å². The Hall–Kier alpha value is -0.640. The monoisotopic (exact) mass is 269 g/mol. The summed E-state index contributed by atoms with van der Waals surface area (Å²) in [7, 11) is 0. The predicted octanol–water partition coefficient (Wildman–Crippen LogP) is 2.62.